The van der Waals surface area contributed by atoms with E-state index in [1.807, 2.05) is 0 Å². The Morgan fingerprint density at radius 1 is 1.67 bits per heavy atom. The van der Waals surface area contributed by atoms with Gasteiger partial charge in [0.2, 0.25) is 0 Å². The third-order valence-corrected chi connectivity index (χ3v) is 1.71. The first-order valence-electron chi connectivity index (χ1n) is 4.33. The first-order chi connectivity index (χ1) is 7.11. The molecule has 0 saturated carbocycles. The maximum absolute atomic E-state index is 11.3. The first kappa shape index (κ1) is 11.0. The summed E-state index contributed by atoms with van der Waals surface area (Å²) in [5, 5.41) is 2.36. The fraction of sp³-hybridized carbons (Fsp3) is 0.375. The van der Waals surface area contributed by atoms with Crippen molar-refractivity contribution in [1.82, 2.24) is 14.9 Å². The summed E-state index contributed by atoms with van der Waals surface area (Å²) in [5.74, 6) is -0.676. The van der Waals surface area contributed by atoms with Gasteiger partial charge in [0.05, 0.1) is 6.61 Å². The average molecular weight is 212 g/mol. The molecule has 1 heterocycles. The zero-order valence-electron chi connectivity index (χ0n) is 8.48. The van der Waals surface area contributed by atoms with Crippen molar-refractivity contribution in [2.24, 2.45) is 0 Å². The molecule has 1 aromatic rings. The minimum absolute atomic E-state index is 0.0344. The standard InChI is InChI=1S/C8H12N4O3/c1-3-15-7(13)5-6(9)12(4-11-5)8(14)10-2/h4H,3,9H2,1-2H3,(H,10,14). The van der Waals surface area contributed by atoms with E-state index in [9.17, 15) is 9.59 Å². The molecule has 15 heavy (non-hydrogen) atoms. The summed E-state index contributed by atoms with van der Waals surface area (Å²) >= 11 is 0. The lowest BCUT2D eigenvalue weighted by Crippen LogP contribution is -2.25. The van der Waals surface area contributed by atoms with Crippen LogP contribution in [0.1, 0.15) is 17.4 Å². The van der Waals surface area contributed by atoms with E-state index in [1.165, 1.54) is 13.4 Å². The molecule has 0 atom stereocenters. The van der Waals surface area contributed by atoms with E-state index < -0.39 is 12.0 Å². The molecular weight excluding hydrogens is 200 g/mol. The highest BCUT2D eigenvalue weighted by molar-refractivity contribution is 5.94. The molecular formula is C8H12N4O3. The predicted molar refractivity (Wildman–Crippen MR) is 52.4 cm³/mol. The van der Waals surface area contributed by atoms with Crippen molar-refractivity contribution in [2.45, 2.75) is 6.92 Å². The minimum Gasteiger partial charge on any atom is -0.461 e. The SMILES string of the molecule is CCOC(=O)c1ncn(C(=O)NC)c1N. The van der Waals surface area contributed by atoms with Gasteiger partial charge in [0, 0.05) is 7.05 Å². The second-order valence-electron chi connectivity index (χ2n) is 2.62. The monoisotopic (exact) mass is 212 g/mol. The van der Waals surface area contributed by atoms with Crippen LogP contribution in [0.5, 0.6) is 0 Å². The smallest absolute Gasteiger partial charge is 0.360 e. The summed E-state index contributed by atoms with van der Waals surface area (Å²) in [7, 11) is 1.45. The van der Waals surface area contributed by atoms with Gasteiger partial charge in [0.1, 0.15) is 12.1 Å². The Kier molecular flexibility index (Phi) is 3.27. The summed E-state index contributed by atoms with van der Waals surface area (Å²) in [6.07, 6.45) is 1.17. The third-order valence-electron chi connectivity index (χ3n) is 1.71. The van der Waals surface area contributed by atoms with Crippen LogP contribution in [0.4, 0.5) is 10.6 Å². The van der Waals surface area contributed by atoms with Gasteiger partial charge in [-0.05, 0) is 6.92 Å². The number of hydrogen-bond acceptors (Lipinski definition) is 5. The van der Waals surface area contributed by atoms with Gasteiger partial charge in [-0.25, -0.2) is 19.1 Å². The number of carbonyl (C=O) groups excluding carboxylic acids is 2. The quantitative estimate of drug-likeness (QED) is 0.663. The fourth-order valence-corrected chi connectivity index (χ4v) is 0.997. The molecule has 82 valence electrons. The number of esters is 1. The van der Waals surface area contributed by atoms with Crippen molar-refractivity contribution in [3.63, 3.8) is 0 Å². The van der Waals surface area contributed by atoms with Crippen molar-refractivity contribution in [3.8, 4) is 0 Å². The Labute approximate surface area is 86.2 Å². The lowest BCUT2D eigenvalue weighted by Gasteiger charge is -2.02. The molecule has 0 aliphatic heterocycles. The molecule has 0 saturated heterocycles. The van der Waals surface area contributed by atoms with E-state index >= 15 is 0 Å². The van der Waals surface area contributed by atoms with Crippen molar-refractivity contribution >= 4 is 17.8 Å². The van der Waals surface area contributed by atoms with Crippen LogP contribution in [0, 0.1) is 0 Å². The van der Waals surface area contributed by atoms with Crippen molar-refractivity contribution in [3.05, 3.63) is 12.0 Å². The number of nitrogens with one attached hydrogen (secondary N) is 1. The zero-order valence-corrected chi connectivity index (χ0v) is 8.48. The van der Waals surface area contributed by atoms with E-state index in [0.29, 0.717) is 0 Å². The number of rotatable bonds is 2. The highest BCUT2D eigenvalue weighted by atomic mass is 16.5. The largest absolute Gasteiger partial charge is 0.461 e. The highest BCUT2D eigenvalue weighted by Crippen LogP contribution is 2.10. The molecule has 0 fully saturated rings. The van der Waals surface area contributed by atoms with Crippen LogP contribution in [-0.2, 0) is 4.74 Å². The molecule has 0 aromatic carbocycles. The number of ether oxygens (including phenoxy) is 1. The summed E-state index contributed by atoms with van der Waals surface area (Å²) < 4.78 is 5.74. The first-order valence-corrected chi connectivity index (χ1v) is 4.33. The number of nitrogen functional groups attached to an aromatic ring is 1. The number of anilines is 1. The van der Waals surface area contributed by atoms with E-state index in [0.717, 1.165) is 4.57 Å². The number of imidazole rings is 1. The van der Waals surface area contributed by atoms with Crippen molar-refractivity contribution in [2.75, 3.05) is 19.4 Å². The van der Waals surface area contributed by atoms with Crippen LogP contribution in [0.3, 0.4) is 0 Å². The molecule has 0 radical (unpaired) electrons. The van der Waals surface area contributed by atoms with Crippen molar-refractivity contribution in [1.29, 1.82) is 0 Å². The van der Waals surface area contributed by atoms with Gasteiger partial charge < -0.3 is 15.8 Å². The number of amides is 1. The van der Waals surface area contributed by atoms with Gasteiger partial charge in [-0.2, -0.15) is 0 Å². The molecule has 0 bridgehead atoms. The Balaban J connectivity index is 2.98. The highest BCUT2D eigenvalue weighted by Gasteiger charge is 2.19. The van der Waals surface area contributed by atoms with Gasteiger partial charge in [0.25, 0.3) is 0 Å². The maximum atomic E-state index is 11.3. The Hall–Kier alpha value is -2.05. The van der Waals surface area contributed by atoms with Crippen LogP contribution in [0.15, 0.2) is 6.33 Å². The number of nitrogens with zero attached hydrogens (tertiary/aromatic N) is 2. The third kappa shape index (κ3) is 2.06. The number of aromatic nitrogens is 2. The molecule has 1 amide bonds. The second kappa shape index (κ2) is 4.45. The molecule has 0 spiro atoms. The van der Waals surface area contributed by atoms with E-state index in [1.54, 1.807) is 6.92 Å². The van der Waals surface area contributed by atoms with Gasteiger partial charge in [-0.3, -0.25) is 0 Å². The van der Waals surface area contributed by atoms with Gasteiger partial charge in [0.15, 0.2) is 5.69 Å². The van der Waals surface area contributed by atoms with Gasteiger partial charge in [-0.15, -0.1) is 0 Å². The maximum Gasteiger partial charge on any atom is 0.360 e. The topological polar surface area (TPSA) is 99.2 Å². The molecule has 0 aliphatic carbocycles. The van der Waals surface area contributed by atoms with Crippen molar-refractivity contribution < 1.29 is 14.3 Å². The Bertz CT molecular complexity index is 385. The summed E-state index contributed by atoms with van der Waals surface area (Å²) in [5.41, 5.74) is 5.49. The van der Waals surface area contributed by atoms with E-state index in [4.69, 9.17) is 10.5 Å². The lowest BCUT2D eigenvalue weighted by atomic mass is 10.4. The summed E-state index contributed by atoms with van der Waals surface area (Å²) in [4.78, 5) is 26.2. The van der Waals surface area contributed by atoms with Gasteiger partial charge >= 0.3 is 12.0 Å². The molecule has 1 rings (SSSR count). The lowest BCUT2D eigenvalue weighted by molar-refractivity contribution is 0.0521. The second-order valence-corrected chi connectivity index (χ2v) is 2.62. The van der Waals surface area contributed by atoms with Crippen LogP contribution in [0.25, 0.3) is 0 Å². The number of nitrogens with two attached hydrogens (primary N) is 1. The molecule has 7 heteroatoms. The Morgan fingerprint density at radius 2 is 2.33 bits per heavy atom. The minimum atomic E-state index is -0.641. The zero-order chi connectivity index (χ0) is 11.4. The number of hydrogen-bond donors (Lipinski definition) is 2. The molecule has 7 nitrogen and oxygen atoms in total. The summed E-state index contributed by atoms with van der Waals surface area (Å²) in [6.45, 7) is 1.90. The van der Waals surface area contributed by atoms with Crippen LogP contribution in [0.2, 0.25) is 0 Å². The number of carbonyl (C=O) groups is 2. The van der Waals surface area contributed by atoms with Crippen LogP contribution < -0.4 is 11.1 Å². The normalized spacial score (nSPS) is 9.73. The van der Waals surface area contributed by atoms with Crippen LogP contribution in [-0.4, -0.2) is 35.2 Å². The predicted octanol–water partition coefficient (Wildman–Crippen LogP) is -0.170. The fourth-order valence-electron chi connectivity index (χ4n) is 0.997. The van der Waals surface area contributed by atoms with E-state index in [2.05, 4.69) is 10.3 Å². The van der Waals surface area contributed by atoms with E-state index in [-0.39, 0.29) is 18.1 Å². The van der Waals surface area contributed by atoms with Gasteiger partial charge in [-0.1, -0.05) is 0 Å². The molecule has 0 unspecified atom stereocenters. The summed E-state index contributed by atoms with van der Waals surface area (Å²) in [6, 6.07) is -0.462. The Morgan fingerprint density at radius 3 is 2.87 bits per heavy atom. The molecule has 1 aromatic heterocycles. The molecule has 0 aliphatic rings. The van der Waals surface area contributed by atoms with Crippen LogP contribution >= 0.6 is 0 Å². The average Bonchev–Trinajstić information content (AvgIpc) is 2.59. The molecule has 3 N–H and O–H groups in total.